The molecule has 0 bridgehead atoms. The van der Waals surface area contributed by atoms with E-state index in [9.17, 15) is 9.59 Å². The number of amides is 1. The third-order valence-electron chi connectivity index (χ3n) is 3.14. The molecule has 0 spiro atoms. The molecule has 0 radical (unpaired) electrons. The van der Waals surface area contributed by atoms with Crippen LogP contribution in [0.1, 0.15) is 23.2 Å². The predicted octanol–water partition coefficient (Wildman–Crippen LogP) is 0.776. The molecule has 1 saturated heterocycles. The summed E-state index contributed by atoms with van der Waals surface area (Å²) in [5, 5.41) is 12.5. The normalized spacial score (nSPS) is 17.6. The lowest BCUT2D eigenvalue weighted by molar-refractivity contribution is -0.144. The van der Waals surface area contributed by atoms with Crippen LogP contribution in [0.25, 0.3) is 0 Å². The lowest BCUT2D eigenvalue weighted by Crippen LogP contribution is -2.53. The van der Waals surface area contributed by atoms with E-state index < -0.39 is 11.9 Å². The van der Waals surface area contributed by atoms with Gasteiger partial charge in [0.15, 0.2) is 5.69 Å². The molecule has 1 atom stereocenters. The standard InChI is InChI=1S/C11H14N2O4/c1-6-3-9(12-17-6)10(14)13-4-8(5-13)7(2)11(15)16/h3,7-8H,4-5H2,1-2H3,(H,15,16). The summed E-state index contributed by atoms with van der Waals surface area (Å²) in [5.74, 6) is -0.818. The molecule has 1 aliphatic heterocycles. The zero-order valence-electron chi connectivity index (χ0n) is 9.71. The number of carboxylic acid groups (broad SMARTS) is 1. The van der Waals surface area contributed by atoms with Crippen molar-refractivity contribution < 1.29 is 19.2 Å². The van der Waals surface area contributed by atoms with Gasteiger partial charge in [-0.1, -0.05) is 12.1 Å². The van der Waals surface area contributed by atoms with E-state index in [0.717, 1.165) is 0 Å². The highest BCUT2D eigenvalue weighted by Crippen LogP contribution is 2.25. The van der Waals surface area contributed by atoms with Crippen LogP contribution in [0.15, 0.2) is 10.6 Å². The molecule has 0 saturated carbocycles. The van der Waals surface area contributed by atoms with E-state index in [1.807, 2.05) is 0 Å². The van der Waals surface area contributed by atoms with Crippen molar-refractivity contribution in [3.63, 3.8) is 0 Å². The third-order valence-corrected chi connectivity index (χ3v) is 3.14. The second-order valence-corrected chi connectivity index (χ2v) is 4.42. The first-order valence-electron chi connectivity index (χ1n) is 5.44. The summed E-state index contributed by atoms with van der Waals surface area (Å²) in [6, 6.07) is 1.58. The topological polar surface area (TPSA) is 83.6 Å². The average Bonchev–Trinajstić information content (AvgIpc) is 2.62. The summed E-state index contributed by atoms with van der Waals surface area (Å²) >= 11 is 0. The van der Waals surface area contributed by atoms with Crippen molar-refractivity contribution >= 4 is 11.9 Å². The van der Waals surface area contributed by atoms with Crippen molar-refractivity contribution in [3.05, 3.63) is 17.5 Å². The molecule has 6 heteroatoms. The van der Waals surface area contributed by atoms with Crippen LogP contribution in [-0.4, -0.2) is 40.1 Å². The molecule has 1 aromatic heterocycles. The lowest BCUT2D eigenvalue weighted by atomic mass is 9.87. The number of carbonyl (C=O) groups excluding carboxylic acids is 1. The van der Waals surface area contributed by atoms with Gasteiger partial charge in [-0.25, -0.2) is 0 Å². The summed E-state index contributed by atoms with van der Waals surface area (Å²) in [5.41, 5.74) is 0.281. The molecule has 1 amide bonds. The average molecular weight is 238 g/mol. The second kappa shape index (κ2) is 4.20. The number of aromatic nitrogens is 1. The van der Waals surface area contributed by atoms with Crippen LogP contribution in [0.3, 0.4) is 0 Å². The van der Waals surface area contributed by atoms with Gasteiger partial charge in [-0.05, 0) is 6.92 Å². The Bertz CT molecular complexity index is 448. The fourth-order valence-corrected chi connectivity index (χ4v) is 1.83. The Morgan fingerprint density at radius 3 is 2.71 bits per heavy atom. The van der Waals surface area contributed by atoms with Gasteiger partial charge in [-0.3, -0.25) is 9.59 Å². The minimum Gasteiger partial charge on any atom is -0.481 e. The number of rotatable bonds is 3. The number of aliphatic carboxylic acids is 1. The molecule has 0 aromatic carbocycles. The molecule has 1 N–H and O–H groups in total. The highest BCUT2D eigenvalue weighted by molar-refractivity contribution is 5.92. The van der Waals surface area contributed by atoms with Gasteiger partial charge >= 0.3 is 5.97 Å². The second-order valence-electron chi connectivity index (χ2n) is 4.42. The lowest BCUT2D eigenvalue weighted by Gasteiger charge is -2.40. The Kier molecular flexibility index (Phi) is 2.87. The number of aryl methyl sites for hydroxylation is 1. The predicted molar refractivity (Wildman–Crippen MR) is 57.4 cm³/mol. The van der Waals surface area contributed by atoms with Crippen LogP contribution >= 0.6 is 0 Å². The maximum Gasteiger partial charge on any atom is 0.306 e. The van der Waals surface area contributed by atoms with Gasteiger partial charge in [-0.15, -0.1) is 0 Å². The van der Waals surface area contributed by atoms with Crippen LogP contribution in [0, 0.1) is 18.8 Å². The van der Waals surface area contributed by atoms with Crippen LogP contribution in [0.2, 0.25) is 0 Å². The SMILES string of the molecule is Cc1cc(C(=O)N2CC(C(C)C(=O)O)C2)no1. The van der Waals surface area contributed by atoms with E-state index in [4.69, 9.17) is 9.63 Å². The Balaban J connectivity index is 1.92. The number of carboxylic acids is 1. The van der Waals surface area contributed by atoms with E-state index >= 15 is 0 Å². The summed E-state index contributed by atoms with van der Waals surface area (Å²) in [7, 11) is 0. The maximum absolute atomic E-state index is 11.8. The maximum atomic E-state index is 11.8. The molecule has 0 aliphatic carbocycles. The summed E-state index contributed by atoms with van der Waals surface area (Å²) in [6.45, 7) is 4.32. The largest absolute Gasteiger partial charge is 0.481 e. The number of likely N-dealkylation sites (tertiary alicyclic amines) is 1. The van der Waals surface area contributed by atoms with Crippen molar-refractivity contribution in [1.29, 1.82) is 0 Å². The van der Waals surface area contributed by atoms with Gasteiger partial charge in [0.2, 0.25) is 0 Å². The summed E-state index contributed by atoms with van der Waals surface area (Å²) in [6.07, 6.45) is 0. The van der Waals surface area contributed by atoms with Gasteiger partial charge in [0.25, 0.3) is 5.91 Å². The van der Waals surface area contributed by atoms with Crippen LogP contribution in [-0.2, 0) is 4.79 Å². The van der Waals surface area contributed by atoms with Crippen LogP contribution in [0.4, 0.5) is 0 Å². The van der Waals surface area contributed by atoms with Gasteiger partial charge in [0, 0.05) is 25.1 Å². The Morgan fingerprint density at radius 1 is 1.59 bits per heavy atom. The zero-order chi connectivity index (χ0) is 12.6. The molecule has 2 heterocycles. The van der Waals surface area contributed by atoms with Gasteiger partial charge < -0.3 is 14.5 Å². The van der Waals surface area contributed by atoms with E-state index in [1.54, 1.807) is 24.8 Å². The van der Waals surface area contributed by atoms with Crippen molar-refractivity contribution in [2.24, 2.45) is 11.8 Å². The Morgan fingerprint density at radius 2 is 2.24 bits per heavy atom. The molecular weight excluding hydrogens is 224 g/mol. The number of nitrogens with zero attached hydrogens (tertiary/aromatic N) is 2. The number of carbonyl (C=O) groups is 2. The fraction of sp³-hybridized carbons (Fsp3) is 0.545. The molecule has 92 valence electrons. The van der Waals surface area contributed by atoms with Gasteiger partial charge in [-0.2, -0.15) is 0 Å². The van der Waals surface area contributed by atoms with Crippen molar-refractivity contribution in [3.8, 4) is 0 Å². The van der Waals surface area contributed by atoms with Crippen molar-refractivity contribution in [2.75, 3.05) is 13.1 Å². The molecule has 6 nitrogen and oxygen atoms in total. The van der Waals surface area contributed by atoms with Crippen molar-refractivity contribution in [1.82, 2.24) is 10.1 Å². The molecule has 1 fully saturated rings. The minimum absolute atomic E-state index is 0.0319. The number of hydrogen-bond acceptors (Lipinski definition) is 4. The van der Waals surface area contributed by atoms with E-state index in [-0.39, 0.29) is 17.5 Å². The summed E-state index contributed by atoms with van der Waals surface area (Å²) < 4.78 is 4.83. The minimum atomic E-state index is -0.820. The molecule has 2 rings (SSSR count). The Hall–Kier alpha value is -1.85. The molecule has 1 unspecified atom stereocenters. The molecule has 17 heavy (non-hydrogen) atoms. The first-order valence-corrected chi connectivity index (χ1v) is 5.44. The van der Waals surface area contributed by atoms with Gasteiger partial charge in [0.05, 0.1) is 5.92 Å². The summed E-state index contributed by atoms with van der Waals surface area (Å²) in [4.78, 5) is 24.2. The highest BCUT2D eigenvalue weighted by Gasteiger charge is 2.38. The fourth-order valence-electron chi connectivity index (χ4n) is 1.83. The van der Waals surface area contributed by atoms with Crippen LogP contribution < -0.4 is 0 Å². The smallest absolute Gasteiger partial charge is 0.306 e. The van der Waals surface area contributed by atoms with Gasteiger partial charge in [0.1, 0.15) is 5.76 Å². The molecule has 1 aromatic rings. The zero-order valence-corrected chi connectivity index (χ0v) is 9.71. The van der Waals surface area contributed by atoms with E-state index in [0.29, 0.717) is 18.8 Å². The van der Waals surface area contributed by atoms with E-state index in [2.05, 4.69) is 5.16 Å². The highest BCUT2D eigenvalue weighted by atomic mass is 16.5. The molecular formula is C11H14N2O4. The van der Waals surface area contributed by atoms with Crippen molar-refractivity contribution in [2.45, 2.75) is 13.8 Å². The Labute approximate surface area is 98.2 Å². The quantitative estimate of drug-likeness (QED) is 0.841. The monoisotopic (exact) mass is 238 g/mol. The molecule has 1 aliphatic rings. The number of hydrogen-bond donors (Lipinski definition) is 1. The van der Waals surface area contributed by atoms with Crippen LogP contribution in [0.5, 0.6) is 0 Å². The third kappa shape index (κ3) is 2.15. The first-order chi connectivity index (χ1) is 7.99. The van der Waals surface area contributed by atoms with E-state index in [1.165, 1.54) is 0 Å². The first kappa shape index (κ1) is 11.6.